The standard InChI is InChI=1S/C14H18N2/c1-2-14(11-15)8-9-16(12-14)10-13-6-4-3-5-7-13/h3-7H,2,8-10,12H2,1H3. The smallest absolute Gasteiger partial charge is 0.0710 e. The molecule has 0 bridgehead atoms. The van der Waals surface area contributed by atoms with E-state index in [0.29, 0.717) is 0 Å². The first kappa shape index (κ1) is 11.2. The molecule has 1 fully saturated rings. The van der Waals surface area contributed by atoms with Crippen molar-refractivity contribution in [3.05, 3.63) is 35.9 Å². The first-order valence-corrected chi connectivity index (χ1v) is 5.95. The summed E-state index contributed by atoms with van der Waals surface area (Å²) in [6.45, 7) is 5.07. The predicted octanol–water partition coefficient (Wildman–Crippen LogP) is 2.81. The minimum Gasteiger partial charge on any atom is -0.297 e. The van der Waals surface area contributed by atoms with Crippen LogP contribution in [0.3, 0.4) is 0 Å². The molecule has 0 amide bonds. The summed E-state index contributed by atoms with van der Waals surface area (Å²) in [6.07, 6.45) is 1.99. The fourth-order valence-corrected chi connectivity index (χ4v) is 2.39. The molecule has 0 saturated carbocycles. The highest BCUT2D eigenvalue weighted by Crippen LogP contribution is 2.33. The molecular formula is C14H18N2. The van der Waals surface area contributed by atoms with Gasteiger partial charge in [0.1, 0.15) is 0 Å². The van der Waals surface area contributed by atoms with Gasteiger partial charge in [-0.25, -0.2) is 0 Å². The molecule has 0 N–H and O–H groups in total. The molecule has 1 saturated heterocycles. The van der Waals surface area contributed by atoms with Gasteiger partial charge >= 0.3 is 0 Å². The Morgan fingerprint density at radius 1 is 1.38 bits per heavy atom. The average molecular weight is 214 g/mol. The Balaban J connectivity index is 1.98. The van der Waals surface area contributed by atoms with E-state index in [1.54, 1.807) is 0 Å². The van der Waals surface area contributed by atoms with E-state index in [1.807, 2.05) is 6.07 Å². The van der Waals surface area contributed by atoms with Crippen molar-refractivity contribution < 1.29 is 0 Å². The molecule has 2 rings (SSSR count). The van der Waals surface area contributed by atoms with Gasteiger partial charge in [-0.3, -0.25) is 4.90 Å². The van der Waals surface area contributed by atoms with E-state index in [0.717, 1.165) is 32.5 Å². The highest BCUT2D eigenvalue weighted by molar-refractivity contribution is 5.15. The Labute approximate surface area is 97.5 Å². The molecule has 1 aliphatic heterocycles. The number of hydrogen-bond acceptors (Lipinski definition) is 2. The van der Waals surface area contributed by atoms with Crippen molar-refractivity contribution >= 4 is 0 Å². The van der Waals surface area contributed by atoms with Crippen LogP contribution in [0.15, 0.2) is 30.3 Å². The molecule has 0 aromatic heterocycles. The lowest BCUT2D eigenvalue weighted by molar-refractivity contribution is 0.290. The SMILES string of the molecule is CCC1(C#N)CCN(Cc2ccccc2)C1. The van der Waals surface area contributed by atoms with Crippen molar-refractivity contribution in [1.82, 2.24) is 4.90 Å². The van der Waals surface area contributed by atoms with Crippen molar-refractivity contribution in [2.24, 2.45) is 5.41 Å². The third-order valence-electron chi connectivity index (χ3n) is 3.60. The van der Waals surface area contributed by atoms with Crippen LogP contribution in [0.25, 0.3) is 0 Å². The normalized spacial score (nSPS) is 25.5. The van der Waals surface area contributed by atoms with E-state index >= 15 is 0 Å². The molecule has 2 nitrogen and oxygen atoms in total. The summed E-state index contributed by atoms with van der Waals surface area (Å²) in [4.78, 5) is 2.39. The van der Waals surface area contributed by atoms with Crippen LogP contribution in [-0.4, -0.2) is 18.0 Å². The van der Waals surface area contributed by atoms with Gasteiger partial charge in [0, 0.05) is 19.6 Å². The second-order valence-electron chi connectivity index (χ2n) is 4.69. The molecule has 0 radical (unpaired) electrons. The minimum atomic E-state index is -0.0885. The zero-order valence-electron chi connectivity index (χ0n) is 9.82. The van der Waals surface area contributed by atoms with Gasteiger partial charge in [0.25, 0.3) is 0 Å². The summed E-state index contributed by atoms with van der Waals surface area (Å²) < 4.78 is 0. The van der Waals surface area contributed by atoms with Gasteiger partial charge in [-0.1, -0.05) is 37.3 Å². The van der Waals surface area contributed by atoms with Crippen LogP contribution in [0.1, 0.15) is 25.3 Å². The topological polar surface area (TPSA) is 27.0 Å². The van der Waals surface area contributed by atoms with E-state index in [2.05, 4.69) is 42.2 Å². The fraction of sp³-hybridized carbons (Fsp3) is 0.500. The van der Waals surface area contributed by atoms with Gasteiger partial charge in [-0.15, -0.1) is 0 Å². The number of nitrogens with zero attached hydrogens (tertiary/aromatic N) is 2. The predicted molar refractivity (Wildman–Crippen MR) is 64.7 cm³/mol. The van der Waals surface area contributed by atoms with E-state index in [4.69, 9.17) is 0 Å². The van der Waals surface area contributed by atoms with Crippen LogP contribution in [0.4, 0.5) is 0 Å². The van der Waals surface area contributed by atoms with E-state index in [9.17, 15) is 5.26 Å². The molecule has 1 atom stereocenters. The number of benzene rings is 1. The number of nitriles is 1. The van der Waals surface area contributed by atoms with Crippen molar-refractivity contribution in [3.63, 3.8) is 0 Å². The molecule has 1 aliphatic rings. The molecule has 84 valence electrons. The van der Waals surface area contributed by atoms with Crippen LogP contribution < -0.4 is 0 Å². The van der Waals surface area contributed by atoms with Gasteiger partial charge in [0.05, 0.1) is 11.5 Å². The summed E-state index contributed by atoms with van der Waals surface area (Å²) in [5.74, 6) is 0. The molecule has 16 heavy (non-hydrogen) atoms. The van der Waals surface area contributed by atoms with Crippen LogP contribution in [0, 0.1) is 16.7 Å². The van der Waals surface area contributed by atoms with Gasteiger partial charge in [0.2, 0.25) is 0 Å². The molecule has 1 heterocycles. The number of rotatable bonds is 3. The molecule has 1 unspecified atom stereocenters. The number of hydrogen-bond donors (Lipinski definition) is 0. The largest absolute Gasteiger partial charge is 0.297 e. The zero-order valence-corrected chi connectivity index (χ0v) is 9.82. The summed E-state index contributed by atoms with van der Waals surface area (Å²) in [7, 11) is 0. The van der Waals surface area contributed by atoms with Gasteiger partial charge < -0.3 is 0 Å². The Morgan fingerprint density at radius 2 is 2.12 bits per heavy atom. The lowest BCUT2D eigenvalue weighted by Crippen LogP contribution is -2.25. The lowest BCUT2D eigenvalue weighted by atomic mass is 9.86. The Hall–Kier alpha value is -1.33. The van der Waals surface area contributed by atoms with Crippen LogP contribution >= 0.6 is 0 Å². The second-order valence-corrected chi connectivity index (χ2v) is 4.69. The van der Waals surface area contributed by atoms with Crippen molar-refractivity contribution in [3.8, 4) is 6.07 Å². The molecular weight excluding hydrogens is 196 g/mol. The number of likely N-dealkylation sites (tertiary alicyclic amines) is 1. The Kier molecular flexibility index (Phi) is 3.26. The maximum Gasteiger partial charge on any atom is 0.0710 e. The van der Waals surface area contributed by atoms with Crippen LogP contribution in [0.5, 0.6) is 0 Å². The first-order chi connectivity index (χ1) is 7.78. The van der Waals surface area contributed by atoms with E-state index < -0.39 is 0 Å². The minimum absolute atomic E-state index is 0.0885. The quantitative estimate of drug-likeness (QED) is 0.773. The maximum absolute atomic E-state index is 9.22. The Morgan fingerprint density at radius 3 is 2.69 bits per heavy atom. The second kappa shape index (κ2) is 4.67. The van der Waals surface area contributed by atoms with E-state index in [-0.39, 0.29) is 5.41 Å². The molecule has 1 aromatic rings. The van der Waals surface area contributed by atoms with Gasteiger partial charge in [-0.2, -0.15) is 5.26 Å². The van der Waals surface area contributed by atoms with Gasteiger partial charge in [0.15, 0.2) is 0 Å². The third-order valence-corrected chi connectivity index (χ3v) is 3.60. The Bertz CT molecular complexity index is 379. The molecule has 1 aromatic carbocycles. The zero-order chi connectivity index (χ0) is 11.4. The molecule has 0 spiro atoms. The summed E-state index contributed by atoms with van der Waals surface area (Å²) in [5.41, 5.74) is 1.25. The fourth-order valence-electron chi connectivity index (χ4n) is 2.39. The van der Waals surface area contributed by atoms with Crippen LogP contribution in [0.2, 0.25) is 0 Å². The highest BCUT2D eigenvalue weighted by atomic mass is 15.2. The van der Waals surface area contributed by atoms with Crippen molar-refractivity contribution in [2.45, 2.75) is 26.3 Å². The monoisotopic (exact) mass is 214 g/mol. The highest BCUT2D eigenvalue weighted by Gasteiger charge is 2.36. The summed E-state index contributed by atoms with van der Waals surface area (Å²) >= 11 is 0. The lowest BCUT2D eigenvalue weighted by Gasteiger charge is -2.20. The van der Waals surface area contributed by atoms with Gasteiger partial charge in [-0.05, 0) is 18.4 Å². The average Bonchev–Trinajstić information content (AvgIpc) is 2.75. The molecule has 0 aliphatic carbocycles. The third kappa shape index (κ3) is 2.25. The first-order valence-electron chi connectivity index (χ1n) is 5.95. The van der Waals surface area contributed by atoms with Crippen molar-refractivity contribution in [1.29, 1.82) is 5.26 Å². The maximum atomic E-state index is 9.22. The van der Waals surface area contributed by atoms with Crippen LogP contribution in [-0.2, 0) is 6.54 Å². The molecule has 2 heteroatoms. The van der Waals surface area contributed by atoms with E-state index in [1.165, 1.54) is 5.56 Å². The summed E-state index contributed by atoms with van der Waals surface area (Å²) in [6, 6.07) is 13.0. The summed E-state index contributed by atoms with van der Waals surface area (Å²) in [5, 5.41) is 9.22. The van der Waals surface area contributed by atoms with Crippen molar-refractivity contribution in [2.75, 3.05) is 13.1 Å².